The fourth-order valence-corrected chi connectivity index (χ4v) is 2.22. The molecule has 0 spiro atoms. The van der Waals surface area contributed by atoms with E-state index in [-0.39, 0.29) is 6.54 Å². The van der Waals surface area contributed by atoms with Crippen molar-refractivity contribution in [2.24, 2.45) is 0 Å². The van der Waals surface area contributed by atoms with Gasteiger partial charge in [0.25, 0.3) is 5.91 Å². The summed E-state index contributed by atoms with van der Waals surface area (Å²) in [5.41, 5.74) is -0.169. The van der Waals surface area contributed by atoms with Gasteiger partial charge in [0.05, 0.1) is 0 Å². The quantitative estimate of drug-likeness (QED) is 0.822. The number of rotatable bonds is 3. The van der Waals surface area contributed by atoms with Crippen LogP contribution in [0.1, 0.15) is 36.7 Å². The number of nitrogens with zero attached hydrogens (tertiary/aromatic N) is 1. The number of hydrogen-bond acceptors (Lipinski definition) is 1. The second-order valence-electron chi connectivity index (χ2n) is 6.14. The first-order valence-electron chi connectivity index (χ1n) is 7.10. The topological polar surface area (TPSA) is 20.3 Å². The van der Waals surface area contributed by atoms with Crippen molar-refractivity contribution in [2.45, 2.75) is 32.9 Å². The molecule has 0 bridgehead atoms. The van der Waals surface area contributed by atoms with E-state index < -0.39 is 28.6 Å². The van der Waals surface area contributed by atoms with Crippen LogP contribution in [-0.2, 0) is 6.54 Å². The smallest absolute Gasteiger partial charge is 0.260 e. The summed E-state index contributed by atoms with van der Waals surface area (Å²) >= 11 is 0. The lowest BCUT2D eigenvalue weighted by Gasteiger charge is -2.36. The Bertz CT molecular complexity index is 642. The largest absolute Gasteiger partial charge is 0.329 e. The first-order valence-corrected chi connectivity index (χ1v) is 7.10. The van der Waals surface area contributed by atoms with Gasteiger partial charge in [-0.05, 0) is 38.5 Å². The Balaban J connectivity index is 2.40. The predicted molar refractivity (Wildman–Crippen MR) is 82.4 cm³/mol. The van der Waals surface area contributed by atoms with Crippen molar-refractivity contribution in [3.05, 3.63) is 71.3 Å². The number of carbonyl (C=O) groups excluding carboxylic acids is 1. The molecule has 0 aliphatic rings. The van der Waals surface area contributed by atoms with Crippen LogP contribution in [-0.4, -0.2) is 16.3 Å². The van der Waals surface area contributed by atoms with E-state index in [9.17, 15) is 13.6 Å². The van der Waals surface area contributed by atoms with Crippen molar-refractivity contribution in [3.63, 3.8) is 0 Å². The monoisotopic (exact) mass is 303 g/mol. The average Bonchev–Trinajstić information content (AvgIpc) is 2.44. The highest BCUT2D eigenvalue weighted by atomic mass is 19.1. The van der Waals surface area contributed by atoms with Crippen LogP contribution in [0.3, 0.4) is 0 Å². The minimum Gasteiger partial charge on any atom is -0.329 e. The molecule has 0 aliphatic carbocycles. The van der Waals surface area contributed by atoms with Crippen molar-refractivity contribution in [1.29, 1.82) is 0 Å². The van der Waals surface area contributed by atoms with Crippen LogP contribution in [0.5, 0.6) is 0 Å². The average molecular weight is 303 g/mol. The van der Waals surface area contributed by atoms with Gasteiger partial charge in [-0.25, -0.2) is 8.78 Å². The van der Waals surface area contributed by atoms with Crippen molar-refractivity contribution in [2.75, 3.05) is 0 Å². The van der Waals surface area contributed by atoms with E-state index in [0.29, 0.717) is 0 Å². The summed E-state index contributed by atoms with van der Waals surface area (Å²) in [5, 5.41) is 0. The van der Waals surface area contributed by atoms with Gasteiger partial charge in [-0.15, -0.1) is 0 Å². The van der Waals surface area contributed by atoms with E-state index in [1.807, 2.05) is 51.1 Å². The highest BCUT2D eigenvalue weighted by molar-refractivity contribution is 5.95. The first kappa shape index (κ1) is 16.1. The van der Waals surface area contributed by atoms with Gasteiger partial charge in [0, 0.05) is 12.1 Å². The third-order valence-electron chi connectivity index (χ3n) is 3.42. The summed E-state index contributed by atoms with van der Waals surface area (Å²) in [6.07, 6.45) is 0. The molecule has 2 nitrogen and oxygen atoms in total. The van der Waals surface area contributed by atoms with Crippen molar-refractivity contribution in [3.8, 4) is 0 Å². The molecule has 0 fully saturated rings. The van der Waals surface area contributed by atoms with Crippen molar-refractivity contribution < 1.29 is 13.6 Å². The number of amides is 1. The zero-order valence-corrected chi connectivity index (χ0v) is 12.9. The van der Waals surface area contributed by atoms with E-state index >= 15 is 0 Å². The van der Waals surface area contributed by atoms with Gasteiger partial charge in [-0.2, -0.15) is 0 Å². The Morgan fingerprint density at radius 3 is 2.00 bits per heavy atom. The molecular formula is C18H19F2NO. The molecule has 4 heteroatoms. The summed E-state index contributed by atoms with van der Waals surface area (Å²) in [7, 11) is 0. The van der Waals surface area contributed by atoms with E-state index in [1.54, 1.807) is 0 Å². The van der Waals surface area contributed by atoms with Crippen LogP contribution in [0.4, 0.5) is 8.78 Å². The van der Waals surface area contributed by atoms with E-state index in [1.165, 1.54) is 11.0 Å². The van der Waals surface area contributed by atoms with Gasteiger partial charge in [0.2, 0.25) is 0 Å². The molecule has 0 N–H and O–H groups in total. The van der Waals surface area contributed by atoms with Gasteiger partial charge >= 0.3 is 0 Å². The molecule has 0 saturated heterocycles. The van der Waals surface area contributed by atoms with Crippen LogP contribution in [0.15, 0.2) is 48.5 Å². The number of hydrogen-bond donors (Lipinski definition) is 0. The molecule has 22 heavy (non-hydrogen) atoms. The standard InChI is InChI=1S/C18H19F2NO/c1-18(2,3)21(12-13-8-5-4-6-9-13)17(22)16-14(19)10-7-11-15(16)20/h4-11H,12H2,1-3H3. The molecule has 2 aromatic rings. The fourth-order valence-electron chi connectivity index (χ4n) is 2.22. The van der Waals surface area contributed by atoms with E-state index in [2.05, 4.69) is 0 Å². The number of halogens is 2. The summed E-state index contributed by atoms with van der Waals surface area (Å²) in [5.74, 6) is -2.33. The number of carbonyl (C=O) groups is 1. The van der Waals surface area contributed by atoms with Crippen molar-refractivity contribution in [1.82, 2.24) is 4.90 Å². The SMILES string of the molecule is CC(C)(C)N(Cc1ccccc1)C(=O)c1c(F)cccc1F. The summed E-state index contributed by atoms with van der Waals surface area (Å²) < 4.78 is 27.8. The maximum Gasteiger partial charge on any atom is 0.260 e. The van der Waals surface area contributed by atoms with Gasteiger partial charge < -0.3 is 4.90 Å². The molecule has 0 unspecified atom stereocenters. The maximum atomic E-state index is 13.9. The van der Waals surface area contributed by atoms with Gasteiger partial charge in [-0.1, -0.05) is 36.4 Å². The lowest BCUT2D eigenvalue weighted by Crippen LogP contribution is -2.45. The molecule has 116 valence electrons. The molecule has 1 amide bonds. The van der Waals surface area contributed by atoms with Crippen LogP contribution in [0.25, 0.3) is 0 Å². The second kappa shape index (κ2) is 6.26. The molecular weight excluding hydrogens is 284 g/mol. The Labute approximate surface area is 129 Å². The Morgan fingerprint density at radius 1 is 0.955 bits per heavy atom. The fraction of sp³-hybridized carbons (Fsp3) is 0.278. The minimum atomic E-state index is -0.840. The van der Waals surface area contributed by atoms with E-state index in [0.717, 1.165) is 17.7 Å². The van der Waals surface area contributed by atoms with Gasteiger partial charge in [0.1, 0.15) is 17.2 Å². The van der Waals surface area contributed by atoms with Crippen LogP contribution >= 0.6 is 0 Å². The summed E-state index contributed by atoms with van der Waals surface area (Å²) in [4.78, 5) is 14.2. The zero-order chi connectivity index (χ0) is 16.3. The molecule has 0 radical (unpaired) electrons. The Morgan fingerprint density at radius 2 is 1.50 bits per heavy atom. The minimum absolute atomic E-state index is 0.289. The highest BCUT2D eigenvalue weighted by Crippen LogP contribution is 2.23. The van der Waals surface area contributed by atoms with Crippen LogP contribution < -0.4 is 0 Å². The van der Waals surface area contributed by atoms with Gasteiger partial charge in [0.15, 0.2) is 0 Å². The zero-order valence-electron chi connectivity index (χ0n) is 12.9. The van der Waals surface area contributed by atoms with Crippen LogP contribution in [0.2, 0.25) is 0 Å². The molecule has 2 aromatic carbocycles. The highest BCUT2D eigenvalue weighted by Gasteiger charge is 2.30. The molecule has 0 saturated carbocycles. The molecule has 0 aromatic heterocycles. The van der Waals surface area contributed by atoms with E-state index in [4.69, 9.17) is 0 Å². The van der Waals surface area contributed by atoms with Gasteiger partial charge in [-0.3, -0.25) is 4.79 Å². The molecule has 2 rings (SSSR count). The third kappa shape index (κ3) is 3.50. The maximum absolute atomic E-state index is 13.9. The lowest BCUT2D eigenvalue weighted by molar-refractivity contribution is 0.0549. The third-order valence-corrected chi connectivity index (χ3v) is 3.42. The Hall–Kier alpha value is -2.23. The Kier molecular flexibility index (Phi) is 4.59. The van der Waals surface area contributed by atoms with Crippen molar-refractivity contribution >= 4 is 5.91 Å². The lowest BCUT2D eigenvalue weighted by atomic mass is 10.0. The number of benzene rings is 2. The molecule has 0 aliphatic heterocycles. The molecule has 0 heterocycles. The summed E-state index contributed by atoms with van der Waals surface area (Å²) in [6, 6.07) is 12.8. The molecule has 0 atom stereocenters. The summed E-state index contributed by atoms with van der Waals surface area (Å²) in [6.45, 7) is 5.81. The van der Waals surface area contributed by atoms with Crippen LogP contribution in [0, 0.1) is 11.6 Å². The predicted octanol–water partition coefficient (Wildman–Crippen LogP) is 4.41. The normalized spacial score (nSPS) is 11.3. The first-order chi connectivity index (χ1) is 10.3. The second-order valence-corrected chi connectivity index (χ2v) is 6.14.